The SMILES string of the molecule is Cc1ccc(C(=O)CCNc2ccc(OC(F)(F)F)cc2)o1. The summed E-state index contributed by atoms with van der Waals surface area (Å²) in [4.78, 5) is 11.8. The van der Waals surface area contributed by atoms with Crippen LogP contribution in [0.1, 0.15) is 22.7 Å². The van der Waals surface area contributed by atoms with E-state index in [4.69, 9.17) is 4.42 Å². The van der Waals surface area contributed by atoms with E-state index in [0.717, 1.165) is 0 Å². The molecular formula is C15H14F3NO3. The highest BCUT2D eigenvalue weighted by molar-refractivity contribution is 5.93. The molecule has 1 aromatic heterocycles. The van der Waals surface area contributed by atoms with Crippen molar-refractivity contribution >= 4 is 11.5 Å². The van der Waals surface area contributed by atoms with Gasteiger partial charge in [0, 0.05) is 18.7 Å². The third-order valence-corrected chi connectivity index (χ3v) is 2.78. The van der Waals surface area contributed by atoms with Crippen LogP contribution in [0.15, 0.2) is 40.8 Å². The quantitative estimate of drug-likeness (QED) is 0.813. The van der Waals surface area contributed by atoms with Gasteiger partial charge in [0.15, 0.2) is 11.5 Å². The molecule has 0 aliphatic heterocycles. The number of alkyl halides is 3. The van der Waals surface area contributed by atoms with Gasteiger partial charge in [0.1, 0.15) is 11.5 Å². The topological polar surface area (TPSA) is 51.5 Å². The highest BCUT2D eigenvalue weighted by Gasteiger charge is 2.30. The molecule has 22 heavy (non-hydrogen) atoms. The highest BCUT2D eigenvalue weighted by atomic mass is 19.4. The smallest absolute Gasteiger partial charge is 0.458 e. The number of nitrogens with one attached hydrogen (secondary N) is 1. The molecule has 0 radical (unpaired) electrons. The van der Waals surface area contributed by atoms with Gasteiger partial charge in [-0.15, -0.1) is 13.2 Å². The van der Waals surface area contributed by atoms with Crippen LogP contribution >= 0.6 is 0 Å². The van der Waals surface area contributed by atoms with E-state index in [0.29, 0.717) is 23.8 Å². The predicted octanol–water partition coefficient (Wildman–Crippen LogP) is 4.17. The maximum atomic E-state index is 12.0. The van der Waals surface area contributed by atoms with Gasteiger partial charge in [-0.2, -0.15) is 0 Å². The largest absolute Gasteiger partial charge is 0.573 e. The van der Waals surface area contributed by atoms with Crippen LogP contribution in [0.4, 0.5) is 18.9 Å². The van der Waals surface area contributed by atoms with Crippen LogP contribution < -0.4 is 10.1 Å². The molecular weight excluding hydrogens is 299 g/mol. The van der Waals surface area contributed by atoms with Crippen LogP contribution in [0.2, 0.25) is 0 Å². The number of anilines is 1. The maximum absolute atomic E-state index is 12.0. The van der Waals surface area contributed by atoms with Crippen molar-refractivity contribution in [3.05, 3.63) is 47.9 Å². The lowest BCUT2D eigenvalue weighted by molar-refractivity contribution is -0.274. The third kappa shape index (κ3) is 4.83. The molecule has 1 aromatic carbocycles. The molecule has 4 nitrogen and oxygen atoms in total. The van der Waals surface area contributed by atoms with Gasteiger partial charge in [-0.1, -0.05) is 0 Å². The molecule has 0 unspecified atom stereocenters. The van der Waals surface area contributed by atoms with Gasteiger partial charge in [-0.3, -0.25) is 4.79 Å². The average molecular weight is 313 g/mol. The zero-order valence-corrected chi connectivity index (χ0v) is 11.7. The number of hydrogen-bond acceptors (Lipinski definition) is 4. The van der Waals surface area contributed by atoms with E-state index in [-0.39, 0.29) is 18.0 Å². The number of Topliss-reactive ketones (excluding diaryl/α,β-unsaturated/α-hetero) is 1. The monoisotopic (exact) mass is 313 g/mol. The Kier molecular flexibility index (Phi) is 4.75. The predicted molar refractivity (Wildman–Crippen MR) is 74.0 cm³/mol. The number of aryl methyl sites for hydroxylation is 1. The normalized spacial score (nSPS) is 11.3. The van der Waals surface area contributed by atoms with E-state index >= 15 is 0 Å². The minimum Gasteiger partial charge on any atom is -0.458 e. The zero-order valence-electron chi connectivity index (χ0n) is 11.7. The molecule has 0 saturated heterocycles. The molecule has 1 N–H and O–H groups in total. The lowest BCUT2D eigenvalue weighted by Gasteiger charge is -2.10. The Labute approximate surface area is 124 Å². The van der Waals surface area contributed by atoms with Gasteiger partial charge in [0.2, 0.25) is 0 Å². The van der Waals surface area contributed by atoms with Gasteiger partial charge >= 0.3 is 6.36 Å². The molecule has 0 atom stereocenters. The summed E-state index contributed by atoms with van der Waals surface area (Å²) in [5.41, 5.74) is 0.595. The number of halogens is 3. The number of furan rings is 1. The fourth-order valence-electron chi connectivity index (χ4n) is 1.80. The number of hydrogen-bond donors (Lipinski definition) is 1. The summed E-state index contributed by atoms with van der Waals surface area (Å²) in [7, 11) is 0. The summed E-state index contributed by atoms with van der Waals surface area (Å²) in [6.07, 6.45) is -4.49. The van der Waals surface area contributed by atoms with E-state index in [9.17, 15) is 18.0 Å². The van der Waals surface area contributed by atoms with Crippen LogP contribution in [0, 0.1) is 6.92 Å². The molecule has 2 aromatic rings. The summed E-state index contributed by atoms with van der Waals surface area (Å²) in [6.45, 7) is 2.09. The van der Waals surface area contributed by atoms with E-state index < -0.39 is 6.36 Å². The van der Waals surface area contributed by atoms with Crippen molar-refractivity contribution in [1.82, 2.24) is 0 Å². The van der Waals surface area contributed by atoms with E-state index in [1.54, 1.807) is 19.1 Å². The number of ether oxygens (including phenoxy) is 1. The fraction of sp³-hybridized carbons (Fsp3) is 0.267. The fourth-order valence-corrected chi connectivity index (χ4v) is 1.80. The lowest BCUT2D eigenvalue weighted by Crippen LogP contribution is -2.17. The van der Waals surface area contributed by atoms with Gasteiger partial charge < -0.3 is 14.5 Å². The minimum absolute atomic E-state index is 0.141. The van der Waals surface area contributed by atoms with Crippen molar-refractivity contribution < 1.29 is 27.1 Å². The van der Waals surface area contributed by atoms with Gasteiger partial charge in [0.05, 0.1) is 0 Å². The Balaban J connectivity index is 1.81. The third-order valence-electron chi connectivity index (χ3n) is 2.78. The van der Waals surface area contributed by atoms with Crippen molar-refractivity contribution in [3.8, 4) is 5.75 Å². The lowest BCUT2D eigenvalue weighted by atomic mass is 10.2. The van der Waals surface area contributed by atoms with E-state index in [2.05, 4.69) is 10.1 Å². The highest BCUT2D eigenvalue weighted by Crippen LogP contribution is 2.23. The molecule has 7 heteroatoms. The van der Waals surface area contributed by atoms with Crippen molar-refractivity contribution in [2.75, 3.05) is 11.9 Å². The maximum Gasteiger partial charge on any atom is 0.573 e. The Morgan fingerprint density at radius 2 is 1.86 bits per heavy atom. The minimum atomic E-state index is -4.71. The van der Waals surface area contributed by atoms with Crippen LogP contribution in [-0.4, -0.2) is 18.7 Å². The Morgan fingerprint density at radius 1 is 1.18 bits per heavy atom. The van der Waals surface area contributed by atoms with Gasteiger partial charge in [0.25, 0.3) is 0 Å². The Hall–Kier alpha value is -2.44. The van der Waals surface area contributed by atoms with E-state index in [1.165, 1.54) is 24.3 Å². The molecule has 0 aliphatic rings. The molecule has 0 spiro atoms. The molecule has 1 heterocycles. The molecule has 0 fully saturated rings. The number of carbonyl (C=O) groups is 1. The zero-order chi connectivity index (χ0) is 16.2. The standard InChI is InChI=1S/C15H14F3NO3/c1-10-2-7-14(21-10)13(20)8-9-19-11-3-5-12(6-4-11)22-15(16,17)18/h2-7,19H,8-9H2,1H3. The van der Waals surface area contributed by atoms with Crippen molar-refractivity contribution in [2.24, 2.45) is 0 Å². The number of rotatable bonds is 6. The first kappa shape index (κ1) is 15.9. The first-order valence-electron chi connectivity index (χ1n) is 6.53. The Morgan fingerprint density at radius 3 is 2.41 bits per heavy atom. The molecule has 0 aliphatic carbocycles. The summed E-state index contributed by atoms with van der Waals surface area (Å²) in [5.74, 6) is 0.530. The molecule has 0 amide bonds. The van der Waals surface area contributed by atoms with Crippen molar-refractivity contribution in [3.63, 3.8) is 0 Å². The van der Waals surface area contributed by atoms with Crippen molar-refractivity contribution in [1.29, 1.82) is 0 Å². The first-order valence-corrected chi connectivity index (χ1v) is 6.53. The van der Waals surface area contributed by atoms with Crippen molar-refractivity contribution in [2.45, 2.75) is 19.7 Å². The summed E-state index contributed by atoms with van der Waals surface area (Å²) in [6, 6.07) is 8.62. The second-order valence-corrected chi connectivity index (χ2v) is 4.58. The Bertz CT molecular complexity index is 632. The molecule has 0 saturated carbocycles. The van der Waals surface area contributed by atoms with Gasteiger partial charge in [-0.05, 0) is 43.3 Å². The summed E-state index contributed by atoms with van der Waals surface area (Å²) >= 11 is 0. The number of ketones is 1. The number of carbonyl (C=O) groups excluding carboxylic acids is 1. The first-order chi connectivity index (χ1) is 10.3. The van der Waals surface area contributed by atoms with Gasteiger partial charge in [-0.25, -0.2) is 0 Å². The summed E-state index contributed by atoms with van der Waals surface area (Å²) in [5, 5.41) is 2.94. The average Bonchev–Trinajstić information content (AvgIpc) is 2.86. The second-order valence-electron chi connectivity index (χ2n) is 4.58. The second kappa shape index (κ2) is 6.55. The van der Waals surface area contributed by atoms with Crippen LogP contribution in [-0.2, 0) is 0 Å². The molecule has 118 valence electrons. The van der Waals surface area contributed by atoms with Crippen LogP contribution in [0.25, 0.3) is 0 Å². The summed E-state index contributed by atoms with van der Waals surface area (Å²) < 4.78 is 45.0. The molecule has 2 rings (SSSR count). The molecule has 0 bridgehead atoms. The van der Waals surface area contributed by atoms with Crippen LogP contribution in [0.5, 0.6) is 5.75 Å². The number of benzene rings is 1. The van der Waals surface area contributed by atoms with Crippen LogP contribution in [0.3, 0.4) is 0 Å². The van der Waals surface area contributed by atoms with E-state index in [1.807, 2.05) is 0 Å².